The lowest BCUT2D eigenvalue weighted by Crippen LogP contribution is -2.35. The lowest BCUT2D eigenvalue weighted by molar-refractivity contribution is -0.141. The van der Waals surface area contributed by atoms with Crippen molar-refractivity contribution in [3.63, 3.8) is 0 Å². The molecular weight excluding hydrogens is 378 g/mol. The molecule has 2 aromatic carbocycles. The Bertz CT molecular complexity index is 872. The van der Waals surface area contributed by atoms with E-state index in [1.165, 1.54) is 39.4 Å². The molecule has 0 bridgehead atoms. The van der Waals surface area contributed by atoms with E-state index in [2.05, 4.69) is 0 Å². The van der Waals surface area contributed by atoms with Crippen molar-refractivity contribution in [3.8, 4) is 11.5 Å². The summed E-state index contributed by atoms with van der Waals surface area (Å²) in [4.78, 5) is 38.0. The molecule has 0 radical (unpaired) electrons. The van der Waals surface area contributed by atoms with Crippen molar-refractivity contribution in [2.24, 2.45) is 0 Å². The Hall–Kier alpha value is -3.55. The molecule has 2 aromatic rings. The van der Waals surface area contributed by atoms with Gasteiger partial charge in [0, 0.05) is 18.2 Å². The fourth-order valence-corrected chi connectivity index (χ4v) is 2.68. The SMILES string of the molecule is COC(=O)CN(Cc1cc(OC)cc(OC)c1)C(=O)c1cccc(C(=O)OC)c1. The molecule has 8 nitrogen and oxygen atoms in total. The summed E-state index contributed by atoms with van der Waals surface area (Å²) in [6, 6.07) is 11.3. The first-order valence-electron chi connectivity index (χ1n) is 8.68. The fourth-order valence-electron chi connectivity index (χ4n) is 2.68. The number of ether oxygens (including phenoxy) is 4. The quantitative estimate of drug-likeness (QED) is 0.627. The minimum atomic E-state index is -0.572. The molecule has 0 aliphatic carbocycles. The summed E-state index contributed by atoms with van der Waals surface area (Å²) in [6.45, 7) is -0.165. The van der Waals surface area contributed by atoms with Crippen molar-refractivity contribution in [1.82, 2.24) is 4.90 Å². The van der Waals surface area contributed by atoms with Crippen LogP contribution in [0.2, 0.25) is 0 Å². The zero-order valence-electron chi connectivity index (χ0n) is 16.8. The standard InChI is InChI=1S/C21H23NO7/c1-26-17-8-14(9-18(11-17)27-2)12-22(13-19(23)28-3)20(24)15-6-5-7-16(10-15)21(25)29-4/h5-11H,12-13H2,1-4H3. The van der Waals surface area contributed by atoms with Gasteiger partial charge in [-0.2, -0.15) is 0 Å². The van der Waals surface area contributed by atoms with Crippen LogP contribution >= 0.6 is 0 Å². The van der Waals surface area contributed by atoms with Gasteiger partial charge in [-0.3, -0.25) is 9.59 Å². The van der Waals surface area contributed by atoms with Gasteiger partial charge in [0.15, 0.2) is 0 Å². The number of carbonyl (C=O) groups is 3. The summed E-state index contributed by atoms with van der Waals surface area (Å²) in [6.07, 6.45) is 0. The molecule has 2 rings (SSSR count). The number of amides is 1. The largest absolute Gasteiger partial charge is 0.497 e. The molecule has 0 aliphatic heterocycles. The number of esters is 2. The predicted molar refractivity (Wildman–Crippen MR) is 104 cm³/mol. The van der Waals surface area contributed by atoms with Gasteiger partial charge in [0.25, 0.3) is 5.91 Å². The molecule has 0 heterocycles. The summed E-state index contributed by atoms with van der Waals surface area (Å²) in [5, 5.41) is 0. The van der Waals surface area contributed by atoms with Crippen molar-refractivity contribution in [2.45, 2.75) is 6.54 Å². The highest BCUT2D eigenvalue weighted by Gasteiger charge is 2.21. The normalized spacial score (nSPS) is 10.1. The maximum Gasteiger partial charge on any atom is 0.337 e. The van der Waals surface area contributed by atoms with E-state index in [9.17, 15) is 14.4 Å². The van der Waals surface area contributed by atoms with E-state index in [4.69, 9.17) is 18.9 Å². The smallest absolute Gasteiger partial charge is 0.337 e. The number of carbonyl (C=O) groups excluding carboxylic acids is 3. The van der Waals surface area contributed by atoms with Crippen LogP contribution in [0.15, 0.2) is 42.5 Å². The first-order chi connectivity index (χ1) is 13.9. The van der Waals surface area contributed by atoms with E-state index in [1.54, 1.807) is 36.4 Å². The molecule has 0 aliphatic rings. The van der Waals surface area contributed by atoms with Crippen LogP contribution in [0, 0.1) is 0 Å². The number of hydrogen-bond donors (Lipinski definition) is 0. The van der Waals surface area contributed by atoms with Crippen LogP contribution in [0.5, 0.6) is 11.5 Å². The van der Waals surface area contributed by atoms with Crippen molar-refractivity contribution < 1.29 is 33.3 Å². The van der Waals surface area contributed by atoms with Gasteiger partial charge in [0.2, 0.25) is 0 Å². The Labute approximate surface area is 168 Å². The molecule has 154 valence electrons. The third-order valence-electron chi connectivity index (χ3n) is 4.15. The summed E-state index contributed by atoms with van der Waals surface area (Å²) in [5.41, 5.74) is 1.17. The Balaban J connectivity index is 2.36. The maximum atomic E-state index is 13.1. The molecule has 0 saturated carbocycles. The molecule has 0 N–H and O–H groups in total. The fraction of sp³-hybridized carbons (Fsp3) is 0.286. The van der Waals surface area contributed by atoms with Crippen molar-refractivity contribution in [1.29, 1.82) is 0 Å². The van der Waals surface area contributed by atoms with Gasteiger partial charge >= 0.3 is 11.9 Å². The predicted octanol–water partition coefficient (Wildman–Crippen LogP) is 2.31. The second-order valence-electron chi connectivity index (χ2n) is 6.03. The van der Waals surface area contributed by atoms with Crippen LogP contribution in [-0.2, 0) is 20.8 Å². The lowest BCUT2D eigenvalue weighted by Gasteiger charge is -2.22. The summed E-state index contributed by atoms with van der Waals surface area (Å²) >= 11 is 0. The van der Waals surface area contributed by atoms with Gasteiger partial charge in [-0.25, -0.2) is 4.79 Å². The van der Waals surface area contributed by atoms with Gasteiger partial charge in [0.1, 0.15) is 18.0 Å². The summed E-state index contributed by atoms with van der Waals surface area (Å²) in [5.74, 6) is -0.466. The van der Waals surface area contributed by atoms with Gasteiger partial charge < -0.3 is 23.8 Å². The Kier molecular flexibility index (Phi) is 7.59. The summed E-state index contributed by atoms with van der Waals surface area (Å²) < 4.78 is 19.9. The van der Waals surface area contributed by atoms with Gasteiger partial charge in [0.05, 0.1) is 34.0 Å². The zero-order chi connectivity index (χ0) is 21.4. The van der Waals surface area contributed by atoms with Crippen LogP contribution in [0.4, 0.5) is 0 Å². The third kappa shape index (κ3) is 5.71. The monoisotopic (exact) mass is 401 g/mol. The van der Waals surface area contributed by atoms with E-state index >= 15 is 0 Å². The summed E-state index contributed by atoms with van der Waals surface area (Å²) in [7, 11) is 5.55. The van der Waals surface area contributed by atoms with E-state index in [-0.39, 0.29) is 24.2 Å². The number of rotatable bonds is 8. The molecule has 1 amide bonds. The van der Waals surface area contributed by atoms with Gasteiger partial charge in [-0.1, -0.05) is 6.07 Å². The van der Waals surface area contributed by atoms with Crippen molar-refractivity contribution in [2.75, 3.05) is 35.0 Å². The number of nitrogens with zero attached hydrogens (tertiary/aromatic N) is 1. The highest BCUT2D eigenvalue weighted by atomic mass is 16.5. The highest BCUT2D eigenvalue weighted by Crippen LogP contribution is 2.24. The Morgan fingerprint density at radius 2 is 1.45 bits per heavy atom. The number of hydrogen-bond acceptors (Lipinski definition) is 7. The van der Waals surface area contributed by atoms with E-state index < -0.39 is 17.8 Å². The average molecular weight is 401 g/mol. The van der Waals surface area contributed by atoms with Crippen LogP contribution in [0.1, 0.15) is 26.3 Å². The topological polar surface area (TPSA) is 91.4 Å². The van der Waals surface area contributed by atoms with Crippen LogP contribution < -0.4 is 9.47 Å². The lowest BCUT2D eigenvalue weighted by atomic mass is 10.1. The number of methoxy groups -OCH3 is 4. The third-order valence-corrected chi connectivity index (χ3v) is 4.15. The maximum absolute atomic E-state index is 13.1. The van der Waals surface area contributed by atoms with Gasteiger partial charge in [-0.05, 0) is 35.9 Å². The Morgan fingerprint density at radius 3 is 2.00 bits per heavy atom. The molecule has 0 spiro atoms. The second kappa shape index (κ2) is 10.1. The highest BCUT2D eigenvalue weighted by molar-refractivity contribution is 5.99. The molecule has 29 heavy (non-hydrogen) atoms. The minimum Gasteiger partial charge on any atom is -0.497 e. The van der Waals surface area contributed by atoms with Crippen LogP contribution in [-0.4, -0.2) is 57.7 Å². The van der Waals surface area contributed by atoms with Crippen molar-refractivity contribution >= 4 is 17.8 Å². The van der Waals surface area contributed by atoms with E-state index in [0.717, 1.165) is 0 Å². The molecule has 0 unspecified atom stereocenters. The molecule has 8 heteroatoms. The molecule has 0 saturated heterocycles. The van der Waals surface area contributed by atoms with Gasteiger partial charge in [-0.15, -0.1) is 0 Å². The average Bonchev–Trinajstić information content (AvgIpc) is 2.77. The first-order valence-corrected chi connectivity index (χ1v) is 8.68. The zero-order valence-corrected chi connectivity index (χ0v) is 16.8. The first kappa shape index (κ1) is 21.7. The Morgan fingerprint density at radius 1 is 0.828 bits per heavy atom. The molecule has 0 aromatic heterocycles. The van der Waals surface area contributed by atoms with E-state index in [1.807, 2.05) is 0 Å². The molecule has 0 fully saturated rings. The molecule has 0 atom stereocenters. The number of benzene rings is 2. The van der Waals surface area contributed by atoms with Crippen LogP contribution in [0.3, 0.4) is 0 Å². The second-order valence-corrected chi connectivity index (χ2v) is 6.03. The van der Waals surface area contributed by atoms with Crippen molar-refractivity contribution in [3.05, 3.63) is 59.2 Å². The molecular formula is C21H23NO7. The van der Waals surface area contributed by atoms with Crippen LogP contribution in [0.25, 0.3) is 0 Å². The minimum absolute atomic E-state index is 0.101. The van der Waals surface area contributed by atoms with E-state index in [0.29, 0.717) is 17.1 Å².